The molecular formula is C20H24N2O7S. The molecule has 2 rings (SSSR count). The summed E-state index contributed by atoms with van der Waals surface area (Å²) in [6.45, 7) is 6.45. The second kappa shape index (κ2) is 9.23. The summed E-state index contributed by atoms with van der Waals surface area (Å²) in [4.78, 5) is 39.9. The van der Waals surface area contributed by atoms with E-state index < -0.39 is 33.8 Å². The lowest BCUT2D eigenvalue weighted by molar-refractivity contribution is 0.0316. The summed E-state index contributed by atoms with van der Waals surface area (Å²) >= 11 is 0. The number of aromatic amines is 1. The Labute approximate surface area is 174 Å². The number of hydrogen-bond acceptors (Lipinski definition) is 7. The highest BCUT2D eigenvalue weighted by Gasteiger charge is 2.28. The molecule has 30 heavy (non-hydrogen) atoms. The van der Waals surface area contributed by atoms with Crippen LogP contribution in [0.2, 0.25) is 0 Å². The number of methoxy groups -OCH3 is 1. The van der Waals surface area contributed by atoms with Crippen molar-refractivity contribution in [2.24, 2.45) is 0 Å². The SMILES string of the molecule is CCNS(=O)(=O)c1cccc(C(=O)OC(C)C(=O)c2[nH]c(C)c(C(=O)OC)c2C)c1. The molecular weight excluding hydrogens is 412 g/mol. The highest BCUT2D eigenvalue weighted by atomic mass is 32.2. The number of Topliss-reactive ketones (excluding diaryl/α,β-unsaturated/α-hetero) is 1. The summed E-state index contributed by atoms with van der Waals surface area (Å²) in [7, 11) is -2.51. The Bertz CT molecular complexity index is 1090. The number of nitrogens with one attached hydrogen (secondary N) is 2. The van der Waals surface area contributed by atoms with Gasteiger partial charge in [-0.15, -0.1) is 0 Å². The van der Waals surface area contributed by atoms with Gasteiger partial charge in [-0.3, -0.25) is 4.79 Å². The fourth-order valence-electron chi connectivity index (χ4n) is 2.95. The van der Waals surface area contributed by atoms with Gasteiger partial charge in [-0.1, -0.05) is 13.0 Å². The number of benzene rings is 1. The van der Waals surface area contributed by atoms with Crippen molar-refractivity contribution in [1.29, 1.82) is 0 Å². The van der Waals surface area contributed by atoms with Gasteiger partial charge >= 0.3 is 11.9 Å². The summed E-state index contributed by atoms with van der Waals surface area (Å²) in [6, 6.07) is 5.33. The molecule has 1 unspecified atom stereocenters. The summed E-state index contributed by atoms with van der Waals surface area (Å²) < 4.78 is 36.5. The van der Waals surface area contributed by atoms with Crippen LogP contribution in [0.3, 0.4) is 0 Å². The maximum atomic E-state index is 12.8. The molecule has 1 aromatic carbocycles. The largest absolute Gasteiger partial charge is 0.465 e. The maximum Gasteiger partial charge on any atom is 0.339 e. The third-order valence-corrected chi connectivity index (χ3v) is 5.98. The lowest BCUT2D eigenvalue weighted by atomic mass is 10.1. The minimum absolute atomic E-state index is 0.0109. The highest BCUT2D eigenvalue weighted by Crippen LogP contribution is 2.21. The van der Waals surface area contributed by atoms with E-state index in [2.05, 4.69) is 9.71 Å². The monoisotopic (exact) mass is 436 g/mol. The summed E-state index contributed by atoms with van der Waals surface area (Å²) in [6.07, 6.45) is -1.17. The van der Waals surface area contributed by atoms with Gasteiger partial charge in [0, 0.05) is 12.2 Å². The summed E-state index contributed by atoms with van der Waals surface area (Å²) in [5.41, 5.74) is 1.23. The van der Waals surface area contributed by atoms with Gasteiger partial charge in [0.05, 0.1) is 28.8 Å². The molecule has 2 aromatic rings. The minimum atomic E-state index is -3.75. The molecule has 0 saturated heterocycles. The number of esters is 2. The molecule has 10 heteroatoms. The van der Waals surface area contributed by atoms with E-state index in [1.807, 2.05) is 0 Å². The lowest BCUT2D eigenvalue weighted by Gasteiger charge is -2.13. The number of hydrogen-bond donors (Lipinski definition) is 2. The van der Waals surface area contributed by atoms with Crippen LogP contribution in [0.4, 0.5) is 0 Å². The van der Waals surface area contributed by atoms with Crippen LogP contribution in [-0.4, -0.2) is 50.9 Å². The van der Waals surface area contributed by atoms with Crippen LogP contribution in [-0.2, 0) is 19.5 Å². The number of aryl methyl sites for hydroxylation is 1. The number of H-pyrrole nitrogens is 1. The second-order valence-electron chi connectivity index (χ2n) is 6.56. The molecule has 0 bridgehead atoms. The number of carbonyl (C=O) groups excluding carboxylic acids is 3. The number of ether oxygens (including phenoxy) is 2. The molecule has 0 radical (unpaired) electrons. The van der Waals surface area contributed by atoms with Crippen LogP contribution in [0.15, 0.2) is 29.2 Å². The fourth-order valence-corrected chi connectivity index (χ4v) is 4.04. The Morgan fingerprint density at radius 1 is 1.17 bits per heavy atom. The van der Waals surface area contributed by atoms with E-state index in [4.69, 9.17) is 9.47 Å². The van der Waals surface area contributed by atoms with E-state index in [1.54, 1.807) is 20.8 Å². The van der Waals surface area contributed by atoms with Gasteiger partial charge in [0.15, 0.2) is 6.10 Å². The van der Waals surface area contributed by atoms with Gasteiger partial charge in [0.2, 0.25) is 15.8 Å². The summed E-state index contributed by atoms with van der Waals surface area (Å²) in [5, 5.41) is 0. The molecule has 2 N–H and O–H groups in total. The molecule has 0 spiro atoms. The Balaban J connectivity index is 2.23. The van der Waals surface area contributed by atoms with E-state index in [1.165, 1.54) is 38.3 Å². The molecule has 0 aliphatic carbocycles. The van der Waals surface area contributed by atoms with E-state index in [9.17, 15) is 22.8 Å². The van der Waals surface area contributed by atoms with Crippen LogP contribution < -0.4 is 4.72 Å². The third kappa shape index (κ3) is 4.77. The van der Waals surface area contributed by atoms with Gasteiger partial charge in [-0.05, 0) is 44.5 Å². The van der Waals surface area contributed by atoms with Crippen LogP contribution in [0, 0.1) is 13.8 Å². The summed E-state index contributed by atoms with van der Waals surface area (Å²) in [5.74, 6) is -1.96. The second-order valence-corrected chi connectivity index (χ2v) is 8.32. The van der Waals surface area contributed by atoms with Crippen molar-refractivity contribution < 1.29 is 32.3 Å². The predicted octanol–water partition coefficient (Wildman–Crippen LogP) is 2.14. The molecule has 1 atom stereocenters. The molecule has 0 amide bonds. The van der Waals surface area contributed by atoms with Crippen molar-refractivity contribution in [3.05, 3.63) is 52.3 Å². The molecule has 0 aliphatic rings. The molecule has 9 nitrogen and oxygen atoms in total. The first kappa shape index (κ1) is 23.3. The highest BCUT2D eigenvalue weighted by molar-refractivity contribution is 7.89. The van der Waals surface area contributed by atoms with Gasteiger partial charge in [-0.2, -0.15) is 0 Å². The number of sulfonamides is 1. The average Bonchev–Trinajstić information content (AvgIpc) is 3.00. The van der Waals surface area contributed by atoms with Gasteiger partial charge in [0.25, 0.3) is 0 Å². The lowest BCUT2D eigenvalue weighted by Crippen LogP contribution is -2.26. The van der Waals surface area contributed by atoms with Crippen LogP contribution in [0.1, 0.15) is 56.3 Å². The van der Waals surface area contributed by atoms with Crippen molar-refractivity contribution in [3.63, 3.8) is 0 Å². The maximum absolute atomic E-state index is 12.8. The van der Waals surface area contributed by atoms with Crippen LogP contribution >= 0.6 is 0 Å². The van der Waals surface area contributed by atoms with Crippen molar-refractivity contribution in [1.82, 2.24) is 9.71 Å². The first-order valence-corrected chi connectivity index (χ1v) is 10.6. The molecule has 0 saturated carbocycles. The van der Waals surface area contributed by atoms with Crippen molar-refractivity contribution in [2.75, 3.05) is 13.7 Å². The minimum Gasteiger partial charge on any atom is -0.465 e. The average molecular weight is 436 g/mol. The molecule has 1 aromatic heterocycles. The molecule has 0 aliphatic heterocycles. The van der Waals surface area contributed by atoms with Gasteiger partial charge < -0.3 is 14.5 Å². The number of rotatable bonds is 8. The fraction of sp³-hybridized carbons (Fsp3) is 0.350. The number of aromatic nitrogens is 1. The normalized spacial score (nSPS) is 12.3. The van der Waals surface area contributed by atoms with Gasteiger partial charge in [-0.25, -0.2) is 22.7 Å². The Morgan fingerprint density at radius 3 is 2.43 bits per heavy atom. The van der Waals surface area contributed by atoms with Crippen LogP contribution in [0.5, 0.6) is 0 Å². The Kier molecular flexibility index (Phi) is 7.16. The van der Waals surface area contributed by atoms with E-state index in [-0.39, 0.29) is 28.3 Å². The first-order chi connectivity index (χ1) is 14.0. The topological polar surface area (TPSA) is 132 Å². The van der Waals surface area contributed by atoms with E-state index in [0.717, 1.165) is 0 Å². The number of carbonyl (C=O) groups is 3. The first-order valence-electron chi connectivity index (χ1n) is 9.15. The Hall–Kier alpha value is -2.98. The number of ketones is 1. The zero-order valence-electron chi connectivity index (χ0n) is 17.4. The van der Waals surface area contributed by atoms with Crippen molar-refractivity contribution in [3.8, 4) is 0 Å². The molecule has 0 fully saturated rings. The van der Waals surface area contributed by atoms with Crippen LogP contribution in [0.25, 0.3) is 0 Å². The molecule has 1 heterocycles. The van der Waals surface area contributed by atoms with E-state index >= 15 is 0 Å². The zero-order chi connectivity index (χ0) is 22.6. The molecule has 162 valence electrons. The van der Waals surface area contributed by atoms with E-state index in [0.29, 0.717) is 11.3 Å². The standard InChI is InChI=1S/C20H24N2O7S/c1-6-21-30(26,27)15-9-7-8-14(10-15)19(24)29-13(4)18(23)17-11(2)16(12(3)22-17)20(25)28-5/h7-10,13,21-22H,6H2,1-5H3. The quantitative estimate of drug-likeness (QED) is 0.479. The van der Waals surface area contributed by atoms with Crippen molar-refractivity contribution >= 4 is 27.7 Å². The van der Waals surface area contributed by atoms with Gasteiger partial charge in [0.1, 0.15) is 0 Å². The van der Waals surface area contributed by atoms with Crippen molar-refractivity contribution in [2.45, 2.75) is 38.7 Å². The predicted molar refractivity (Wildman–Crippen MR) is 108 cm³/mol. The third-order valence-electron chi connectivity index (χ3n) is 4.44. The smallest absolute Gasteiger partial charge is 0.339 e. The Morgan fingerprint density at radius 2 is 1.83 bits per heavy atom. The zero-order valence-corrected chi connectivity index (χ0v) is 18.2.